The molecule has 10 heteroatoms. The molecule has 2 aromatic rings. The van der Waals surface area contributed by atoms with Crippen molar-refractivity contribution in [2.75, 3.05) is 19.8 Å². The van der Waals surface area contributed by atoms with Gasteiger partial charge in [-0.3, -0.25) is 4.79 Å². The summed E-state index contributed by atoms with van der Waals surface area (Å²) in [4.78, 5) is 11.6. The van der Waals surface area contributed by atoms with E-state index in [4.69, 9.17) is 25.6 Å². The van der Waals surface area contributed by atoms with Crippen molar-refractivity contribution in [2.24, 2.45) is 0 Å². The number of carbonyl (C=O) groups excluding carboxylic acids is 1. The molecule has 0 radical (unpaired) electrons. The van der Waals surface area contributed by atoms with Crippen molar-refractivity contribution in [3.8, 4) is 5.75 Å². The minimum Gasteiger partial charge on any atom is -0.488 e. The molecule has 136 valence electrons. The predicted molar refractivity (Wildman–Crippen MR) is 89.1 cm³/mol. The van der Waals surface area contributed by atoms with E-state index in [1.54, 1.807) is 24.3 Å². The molecule has 1 heterocycles. The molecule has 1 aromatic heterocycles. The number of hydrogen-bond acceptors (Lipinski definition) is 7. The van der Waals surface area contributed by atoms with Crippen LogP contribution in [0.3, 0.4) is 0 Å². The summed E-state index contributed by atoms with van der Waals surface area (Å²) in [5.74, 6) is -0.121. The number of para-hydroxylation sites is 1. The van der Waals surface area contributed by atoms with E-state index >= 15 is 0 Å². The van der Waals surface area contributed by atoms with Crippen molar-refractivity contribution >= 4 is 27.6 Å². The molecule has 1 N–H and O–H groups in total. The zero-order valence-corrected chi connectivity index (χ0v) is 15.2. The van der Waals surface area contributed by atoms with Gasteiger partial charge in [0, 0.05) is 0 Å². The van der Waals surface area contributed by atoms with Crippen LogP contribution >= 0.6 is 11.6 Å². The molecular formula is C15H17ClN2O6S. The number of halogens is 1. The van der Waals surface area contributed by atoms with Crippen LogP contribution in [-0.2, 0) is 19.6 Å². The normalized spacial score (nSPS) is 11.3. The Labute approximate surface area is 150 Å². The van der Waals surface area contributed by atoms with Gasteiger partial charge in [0.1, 0.15) is 36.1 Å². The van der Waals surface area contributed by atoms with Crippen LogP contribution in [0.1, 0.15) is 11.5 Å². The number of esters is 1. The summed E-state index contributed by atoms with van der Waals surface area (Å²) < 4.78 is 41.5. The van der Waals surface area contributed by atoms with E-state index in [9.17, 15) is 13.2 Å². The molecule has 0 saturated carbocycles. The highest BCUT2D eigenvalue weighted by Gasteiger charge is 2.24. The Morgan fingerprint density at radius 2 is 2.00 bits per heavy atom. The van der Waals surface area contributed by atoms with Crippen molar-refractivity contribution in [3.63, 3.8) is 0 Å². The standard InChI is InChI=1S/C15H17ClN2O6S/c1-10-15(11(2)24-18-10)25(20,21)17-9-14(19)23-8-7-22-13-6-4-3-5-12(13)16/h3-6,17H,7-9H2,1-2H3. The molecular weight excluding hydrogens is 372 g/mol. The number of carbonyl (C=O) groups is 1. The number of aromatic nitrogens is 1. The fourth-order valence-corrected chi connectivity index (χ4v) is 3.49. The molecule has 0 aliphatic heterocycles. The Bertz CT molecular complexity index is 830. The average molecular weight is 389 g/mol. The number of sulfonamides is 1. The first kappa shape index (κ1) is 19.2. The first-order chi connectivity index (χ1) is 11.8. The maximum Gasteiger partial charge on any atom is 0.321 e. The fourth-order valence-electron chi connectivity index (χ4n) is 2.00. The van der Waals surface area contributed by atoms with Gasteiger partial charge in [0.05, 0.1) is 5.02 Å². The Balaban J connectivity index is 1.76. The number of ether oxygens (including phenoxy) is 2. The molecule has 0 saturated heterocycles. The van der Waals surface area contributed by atoms with Gasteiger partial charge in [-0.1, -0.05) is 28.9 Å². The smallest absolute Gasteiger partial charge is 0.321 e. The number of aryl methyl sites for hydroxylation is 2. The van der Waals surface area contributed by atoms with Crippen LogP contribution in [0.2, 0.25) is 5.02 Å². The second-order valence-corrected chi connectivity index (χ2v) is 7.09. The van der Waals surface area contributed by atoms with E-state index in [2.05, 4.69) is 9.88 Å². The molecule has 0 amide bonds. The van der Waals surface area contributed by atoms with E-state index in [-0.39, 0.29) is 29.6 Å². The van der Waals surface area contributed by atoms with E-state index in [1.807, 2.05) is 0 Å². The Hall–Kier alpha value is -2.10. The van der Waals surface area contributed by atoms with Crippen molar-refractivity contribution in [1.82, 2.24) is 9.88 Å². The molecule has 0 aliphatic rings. The maximum atomic E-state index is 12.1. The van der Waals surface area contributed by atoms with E-state index in [0.717, 1.165) is 0 Å². The number of nitrogens with zero attached hydrogens (tertiary/aromatic N) is 1. The summed E-state index contributed by atoms with van der Waals surface area (Å²) in [6.45, 7) is 2.50. The summed E-state index contributed by atoms with van der Waals surface area (Å²) in [6.07, 6.45) is 0. The van der Waals surface area contributed by atoms with E-state index in [1.165, 1.54) is 13.8 Å². The highest BCUT2D eigenvalue weighted by Crippen LogP contribution is 2.22. The van der Waals surface area contributed by atoms with Gasteiger partial charge in [0.2, 0.25) is 10.0 Å². The second kappa shape index (κ2) is 8.32. The molecule has 0 atom stereocenters. The topological polar surface area (TPSA) is 108 Å². The molecule has 0 aliphatic carbocycles. The van der Waals surface area contributed by atoms with Gasteiger partial charge in [-0.2, -0.15) is 4.72 Å². The van der Waals surface area contributed by atoms with Crippen LogP contribution < -0.4 is 9.46 Å². The summed E-state index contributed by atoms with van der Waals surface area (Å²) >= 11 is 5.92. The lowest BCUT2D eigenvalue weighted by molar-refractivity contribution is -0.142. The molecule has 25 heavy (non-hydrogen) atoms. The van der Waals surface area contributed by atoms with E-state index in [0.29, 0.717) is 10.8 Å². The molecule has 0 unspecified atom stereocenters. The molecule has 0 spiro atoms. The van der Waals surface area contributed by atoms with Crippen molar-refractivity contribution in [2.45, 2.75) is 18.7 Å². The Morgan fingerprint density at radius 3 is 2.64 bits per heavy atom. The third-order valence-corrected chi connectivity index (χ3v) is 5.04. The number of benzene rings is 1. The monoisotopic (exact) mass is 388 g/mol. The Morgan fingerprint density at radius 1 is 1.28 bits per heavy atom. The quantitative estimate of drug-likeness (QED) is 0.543. The third kappa shape index (κ3) is 5.18. The summed E-state index contributed by atoms with van der Waals surface area (Å²) in [6, 6.07) is 6.88. The van der Waals surface area contributed by atoms with Gasteiger partial charge in [-0.25, -0.2) is 8.42 Å². The lowest BCUT2D eigenvalue weighted by atomic mass is 10.3. The van der Waals surface area contributed by atoms with Gasteiger partial charge >= 0.3 is 5.97 Å². The van der Waals surface area contributed by atoms with Crippen LogP contribution in [0, 0.1) is 13.8 Å². The minimum absolute atomic E-state index is 0.0445. The number of rotatable bonds is 8. The van der Waals surface area contributed by atoms with E-state index < -0.39 is 22.5 Å². The summed E-state index contributed by atoms with van der Waals surface area (Å²) in [5.41, 5.74) is 0.214. The number of hydrogen-bond donors (Lipinski definition) is 1. The SMILES string of the molecule is Cc1noc(C)c1S(=O)(=O)NCC(=O)OCCOc1ccccc1Cl. The molecule has 1 aromatic carbocycles. The predicted octanol–water partition coefficient (Wildman–Crippen LogP) is 1.85. The van der Waals surface area contributed by atoms with Crippen LogP contribution in [0.15, 0.2) is 33.7 Å². The highest BCUT2D eigenvalue weighted by atomic mass is 35.5. The van der Waals surface area contributed by atoms with Crippen molar-refractivity contribution in [1.29, 1.82) is 0 Å². The van der Waals surface area contributed by atoms with Gasteiger partial charge in [0.25, 0.3) is 0 Å². The first-order valence-electron chi connectivity index (χ1n) is 7.27. The minimum atomic E-state index is -3.91. The zero-order valence-electron chi connectivity index (χ0n) is 13.6. The largest absolute Gasteiger partial charge is 0.488 e. The summed E-state index contributed by atoms with van der Waals surface area (Å²) in [7, 11) is -3.91. The molecule has 2 rings (SSSR count). The van der Waals surface area contributed by atoms with Crippen molar-refractivity contribution in [3.05, 3.63) is 40.7 Å². The molecule has 0 fully saturated rings. The number of nitrogens with one attached hydrogen (secondary N) is 1. The van der Waals surface area contributed by atoms with Crippen LogP contribution in [0.5, 0.6) is 5.75 Å². The lowest BCUT2D eigenvalue weighted by Gasteiger charge is -2.09. The van der Waals surface area contributed by atoms with Gasteiger partial charge in [-0.15, -0.1) is 0 Å². The second-order valence-electron chi connectivity index (χ2n) is 4.98. The average Bonchev–Trinajstić information content (AvgIpc) is 2.91. The zero-order chi connectivity index (χ0) is 18.4. The lowest BCUT2D eigenvalue weighted by Crippen LogP contribution is -2.31. The molecule has 8 nitrogen and oxygen atoms in total. The van der Waals surface area contributed by atoms with Gasteiger partial charge in [0.15, 0.2) is 5.76 Å². The van der Waals surface area contributed by atoms with Crippen LogP contribution in [0.25, 0.3) is 0 Å². The van der Waals surface area contributed by atoms with Gasteiger partial charge < -0.3 is 14.0 Å². The maximum absolute atomic E-state index is 12.1. The third-order valence-electron chi connectivity index (χ3n) is 3.08. The Kier molecular flexibility index (Phi) is 6.40. The van der Waals surface area contributed by atoms with Gasteiger partial charge in [-0.05, 0) is 26.0 Å². The first-order valence-corrected chi connectivity index (χ1v) is 9.13. The summed E-state index contributed by atoms with van der Waals surface area (Å²) in [5, 5.41) is 4.01. The van der Waals surface area contributed by atoms with Crippen LogP contribution in [0.4, 0.5) is 0 Å². The molecule has 0 bridgehead atoms. The highest BCUT2D eigenvalue weighted by molar-refractivity contribution is 7.89. The van der Waals surface area contributed by atoms with Crippen molar-refractivity contribution < 1.29 is 27.2 Å². The van der Waals surface area contributed by atoms with Crippen LogP contribution in [-0.4, -0.2) is 39.3 Å². The fraction of sp³-hybridized carbons (Fsp3) is 0.333.